The van der Waals surface area contributed by atoms with Gasteiger partial charge in [-0.15, -0.1) is 35.3 Å². The molecule has 8 nitrogen and oxygen atoms in total. The number of aromatic nitrogens is 1. The molecule has 3 rings (SSSR count). The number of aliphatic imine (C=N–C) groups is 1. The van der Waals surface area contributed by atoms with Gasteiger partial charge in [0, 0.05) is 64.7 Å². The predicted molar refractivity (Wildman–Crippen MR) is 124 cm³/mol. The van der Waals surface area contributed by atoms with E-state index in [1.807, 2.05) is 6.92 Å². The second kappa shape index (κ2) is 11.6. The molecular weight excluding hydrogens is 491 g/mol. The smallest absolute Gasteiger partial charge is 0.409 e. The van der Waals surface area contributed by atoms with Crippen LogP contribution in [0.3, 0.4) is 0 Å². The Labute approximate surface area is 188 Å². The Balaban J connectivity index is 0.00000280. The van der Waals surface area contributed by atoms with E-state index in [9.17, 15) is 4.79 Å². The van der Waals surface area contributed by atoms with Crippen LogP contribution in [0.2, 0.25) is 0 Å². The SMILES string of the molecule is CCOC(=O)N1CCN(C(=NC)NCCc2csc(N3CCCC3)n2)CC1.I. The summed E-state index contributed by atoms with van der Waals surface area (Å²) in [4.78, 5) is 27.3. The van der Waals surface area contributed by atoms with Crippen LogP contribution in [0, 0.1) is 0 Å². The number of nitrogens with one attached hydrogen (secondary N) is 1. The number of guanidine groups is 1. The fraction of sp³-hybridized carbons (Fsp3) is 0.722. The van der Waals surface area contributed by atoms with E-state index in [1.54, 1.807) is 23.3 Å². The first-order chi connectivity index (χ1) is 13.2. The van der Waals surface area contributed by atoms with Crippen LogP contribution in [0.1, 0.15) is 25.5 Å². The Morgan fingerprint density at radius 1 is 1.21 bits per heavy atom. The summed E-state index contributed by atoms with van der Waals surface area (Å²) in [5, 5.41) is 6.75. The number of nitrogens with zero attached hydrogens (tertiary/aromatic N) is 5. The zero-order chi connectivity index (χ0) is 19.1. The summed E-state index contributed by atoms with van der Waals surface area (Å²) < 4.78 is 5.07. The van der Waals surface area contributed by atoms with Crippen molar-refractivity contribution in [1.29, 1.82) is 0 Å². The number of anilines is 1. The Hall–Kier alpha value is -1.30. The molecule has 28 heavy (non-hydrogen) atoms. The minimum Gasteiger partial charge on any atom is -0.450 e. The van der Waals surface area contributed by atoms with Gasteiger partial charge in [-0.1, -0.05) is 0 Å². The maximum Gasteiger partial charge on any atom is 0.409 e. The first kappa shape index (κ1) is 23.0. The van der Waals surface area contributed by atoms with E-state index in [1.165, 1.54) is 12.8 Å². The highest BCUT2D eigenvalue weighted by atomic mass is 127. The molecule has 1 aromatic heterocycles. The topological polar surface area (TPSA) is 73.3 Å². The molecule has 1 N–H and O–H groups in total. The Morgan fingerprint density at radius 2 is 1.89 bits per heavy atom. The van der Waals surface area contributed by atoms with Crippen molar-refractivity contribution in [3.63, 3.8) is 0 Å². The highest BCUT2D eigenvalue weighted by Gasteiger charge is 2.23. The van der Waals surface area contributed by atoms with Gasteiger partial charge in [0.1, 0.15) is 0 Å². The van der Waals surface area contributed by atoms with E-state index in [2.05, 4.69) is 25.5 Å². The summed E-state index contributed by atoms with van der Waals surface area (Å²) in [7, 11) is 1.80. The first-order valence-electron chi connectivity index (χ1n) is 9.78. The molecule has 10 heteroatoms. The van der Waals surface area contributed by atoms with Gasteiger partial charge in [0.05, 0.1) is 12.3 Å². The van der Waals surface area contributed by atoms with Crippen LogP contribution in [-0.4, -0.2) is 86.3 Å². The summed E-state index contributed by atoms with van der Waals surface area (Å²) in [5.74, 6) is 0.883. The number of carbonyl (C=O) groups excluding carboxylic acids is 1. The number of hydrogen-bond acceptors (Lipinski definition) is 6. The zero-order valence-corrected chi connectivity index (χ0v) is 19.9. The number of ether oxygens (including phenoxy) is 1. The van der Waals surface area contributed by atoms with Gasteiger partial charge in [0.15, 0.2) is 11.1 Å². The molecule has 0 aromatic carbocycles. The van der Waals surface area contributed by atoms with E-state index < -0.39 is 0 Å². The van der Waals surface area contributed by atoms with Crippen LogP contribution in [0.4, 0.5) is 9.93 Å². The Bertz CT molecular complexity index is 642. The number of carbonyl (C=O) groups is 1. The van der Waals surface area contributed by atoms with Crippen molar-refractivity contribution in [3.8, 4) is 0 Å². The molecule has 0 bridgehead atoms. The van der Waals surface area contributed by atoms with Crippen molar-refractivity contribution in [1.82, 2.24) is 20.1 Å². The second-order valence-corrected chi connectivity index (χ2v) is 7.55. The third-order valence-electron chi connectivity index (χ3n) is 4.90. The quantitative estimate of drug-likeness (QED) is 0.364. The number of amides is 1. The molecule has 0 aliphatic carbocycles. The van der Waals surface area contributed by atoms with Crippen molar-refractivity contribution < 1.29 is 9.53 Å². The van der Waals surface area contributed by atoms with Gasteiger partial charge >= 0.3 is 6.09 Å². The van der Waals surface area contributed by atoms with Crippen molar-refractivity contribution in [3.05, 3.63) is 11.1 Å². The fourth-order valence-electron chi connectivity index (χ4n) is 3.42. The lowest BCUT2D eigenvalue weighted by Gasteiger charge is -2.35. The number of halogens is 1. The minimum atomic E-state index is -0.225. The van der Waals surface area contributed by atoms with Gasteiger partial charge < -0.3 is 24.8 Å². The van der Waals surface area contributed by atoms with E-state index in [0.29, 0.717) is 19.7 Å². The van der Waals surface area contributed by atoms with Gasteiger partial charge in [-0.05, 0) is 19.8 Å². The summed E-state index contributed by atoms with van der Waals surface area (Å²) in [5.41, 5.74) is 1.14. The van der Waals surface area contributed by atoms with E-state index in [-0.39, 0.29) is 30.1 Å². The lowest BCUT2D eigenvalue weighted by Crippen LogP contribution is -2.54. The molecular formula is C18H31IN6O2S. The maximum atomic E-state index is 11.8. The predicted octanol–water partition coefficient (Wildman–Crippen LogP) is 2.25. The molecule has 0 saturated carbocycles. The van der Waals surface area contributed by atoms with Crippen LogP contribution in [0.5, 0.6) is 0 Å². The second-order valence-electron chi connectivity index (χ2n) is 6.71. The number of hydrogen-bond donors (Lipinski definition) is 1. The molecule has 2 fully saturated rings. The van der Waals surface area contributed by atoms with Crippen LogP contribution in [0.25, 0.3) is 0 Å². The largest absolute Gasteiger partial charge is 0.450 e. The molecule has 0 unspecified atom stereocenters. The van der Waals surface area contributed by atoms with Crippen molar-refractivity contribution in [2.45, 2.75) is 26.2 Å². The molecule has 1 amide bonds. The molecule has 2 aliphatic rings. The molecule has 1 aromatic rings. The summed E-state index contributed by atoms with van der Waals surface area (Å²) in [6.45, 7) is 8.14. The highest BCUT2D eigenvalue weighted by molar-refractivity contribution is 14.0. The van der Waals surface area contributed by atoms with Crippen molar-refractivity contribution in [2.24, 2.45) is 4.99 Å². The van der Waals surface area contributed by atoms with E-state index in [4.69, 9.17) is 9.72 Å². The lowest BCUT2D eigenvalue weighted by molar-refractivity contribution is 0.0915. The number of thiazole rings is 1. The standard InChI is InChI=1S/C18H30N6O2S.HI/c1-3-26-18(25)24-12-10-22(11-13-24)16(19-2)20-7-6-15-14-27-17(21-15)23-8-4-5-9-23;/h14H,3-13H2,1-2H3,(H,19,20);1H. The number of rotatable bonds is 5. The average molecular weight is 522 g/mol. The van der Waals surface area contributed by atoms with Crippen LogP contribution >= 0.6 is 35.3 Å². The lowest BCUT2D eigenvalue weighted by atomic mass is 10.3. The highest BCUT2D eigenvalue weighted by Crippen LogP contribution is 2.24. The van der Waals surface area contributed by atoms with Gasteiger partial charge in [-0.3, -0.25) is 4.99 Å². The maximum absolute atomic E-state index is 11.8. The zero-order valence-electron chi connectivity index (χ0n) is 16.7. The molecule has 158 valence electrons. The fourth-order valence-corrected chi connectivity index (χ4v) is 4.33. The summed E-state index contributed by atoms with van der Waals surface area (Å²) >= 11 is 1.74. The van der Waals surface area contributed by atoms with Gasteiger partial charge in [0.25, 0.3) is 0 Å². The Morgan fingerprint density at radius 3 is 2.54 bits per heavy atom. The van der Waals surface area contributed by atoms with Gasteiger partial charge in [-0.2, -0.15) is 0 Å². The summed E-state index contributed by atoms with van der Waals surface area (Å²) in [6, 6.07) is 0. The monoisotopic (exact) mass is 522 g/mol. The Kier molecular flexibility index (Phi) is 9.56. The van der Waals surface area contributed by atoms with Gasteiger partial charge in [0.2, 0.25) is 0 Å². The van der Waals surface area contributed by atoms with Gasteiger partial charge in [-0.25, -0.2) is 9.78 Å². The summed E-state index contributed by atoms with van der Waals surface area (Å²) in [6.07, 6.45) is 3.20. The minimum absolute atomic E-state index is 0. The molecule has 0 atom stereocenters. The van der Waals surface area contributed by atoms with E-state index in [0.717, 1.165) is 55.9 Å². The van der Waals surface area contributed by atoms with E-state index >= 15 is 0 Å². The molecule has 0 spiro atoms. The van der Waals surface area contributed by atoms with Crippen molar-refractivity contribution >= 4 is 52.5 Å². The molecule has 0 radical (unpaired) electrons. The van der Waals surface area contributed by atoms with Crippen LogP contribution in [-0.2, 0) is 11.2 Å². The molecule has 2 aliphatic heterocycles. The average Bonchev–Trinajstić information content (AvgIpc) is 3.37. The van der Waals surface area contributed by atoms with Crippen LogP contribution < -0.4 is 10.2 Å². The third kappa shape index (κ3) is 6.10. The normalized spacial score (nSPS) is 17.5. The van der Waals surface area contributed by atoms with Crippen molar-refractivity contribution in [2.75, 3.05) is 64.4 Å². The molecule has 3 heterocycles. The first-order valence-corrected chi connectivity index (χ1v) is 10.7. The number of piperazine rings is 1. The van der Waals surface area contributed by atoms with Crippen LogP contribution in [0.15, 0.2) is 10.4 Å². The molecule has 2 saturated heterocycles. The third-order valence-corrected chi connectivity index (χ3v) is 5.85.